The first-order chi connectivity index (χ1) is 10.2. The molecule has 0 spiro atoms. The van der Waals surface area contributed by atoms with Crippen LogP contribution in [0.4, 0.5) is 5.82 Å². The van der Waals surface area contributed by atoms with Gasteiger partial charge in [0.1, 0.15) is 5.82 Å². The molecule has 0 radical (unpaired) electrons. The first-order valence-electron chi connectivity index (χ1n) is 6.37. The van der Waals surface area contributed by atoms with Crippen molar-refractivity contribution in [3.05, 3.63) is 47.7 Å². The highest BCUT2D eigenvalue weighted by atomic mass is 16.5. The van der Waals surface area contributed by atoms with Crippen molar-refractivity contribution in [2.24, 2.45) is 5.73 Å². The minimum absolute atomic E-state index is 0.321. The van der Waals surface area contributed by atoms with E-state index >= 15 is 0 Å². The van der Waals surface area contributed by atoms with Crippen molar-refractivity contribution in [3.63, 3.8) is 0 Å². The van der Waals surface area contributed by atoms with Crippen LogP contribution < -0.4 is 20.5 Å². The first kappa shape index (κ1) is 14.8. The molecule has 1 aromatic heterocycles. The number of rotatable bonds is 5. The van der Waals surface area contributed by atoms with Gasteiger partial charge in [0.05, 0.1) is 19.8 Å². The lowest BCUT2D eigenvalue weighted by Gasteiger charge is -2.12. The van der Waals surface area contributed by atoms with E-state index in [0.29, 0.717) is 29.4 Å². The molecule has 1 amide bonds. The molecule has 6 heteroatoms. The van der Waals surface area contributed by atoms with Crippen LogP contribution in [0.15, 0.2) is 36.5 Å². The van der Waals surface area contributed by atoms with Gasteiger partial charge in [-0.15, -0.1) is 0 Å². The van der Waals surface area contributed by atoms with Crippen LogP contribution in [0.3, 0.4) is 0 Å². The number of benzene rings is 1. The highest BCUT2D eigenvalue weighted by Crippen LogP contribution is 2.30. The fourth-order valence-corrected chi connectivity index (χ4v) is 1.87. The fourth-order valence-electron chi connectivity index (χ4n) is 1.87. The zero-order valence-corrected chi connectivity index (χ0v) is 11.9. The third-order valence-corrected chi connectivity index (χ3v) is 2.95. The Morgan fingerprint density at radius 2 is 2.05 bits per heavy atom. The van der Waals surface area contributed by atoms with E-state index in [1.54, 1.807) is 30.5 Å². The second-order valence-corrected chi connectivity index (χ2v) is 4.25. The summed E-state index contributed by atoms with van der Waals surface area (Å²) in [5.41, 5.74) is 6.78. The molecule has 0 atom stereocenters. The van der Waals surface area contributed by atoms with Gasteiger partial charge in [-0.3, -0.25) is 4.79 Å². The number of methoxy groups -OCH3 is 2. The normalized spacial score (nSPS) is 10.0. The maximum atomic E-state index is 12.3. The fraction of sp³-hybridized carbons (Fsp3) is 0.200. The molecule has 1 aromatic carbocycles. The van der Waals surface area contributed by atoms with E-state index in [4.69, 9.17) is 15.2 Å². The molecule has 0 unspecified atom stereocenters. The maximum Gasteiger partial charge on any atom is 0.260 e. The zero-order valence-electron chi connectivity index (χ0n) is 11.9. The maximum absolute atomic E-state index is 12.3. The standard InChI is InChI=1S/C15H17N3O3/c1-20-12-5-3-4-11(14(12)21-2)15(19)18-13-7-6-10(8-16)9-17-13/h3-7,9H,8,16H2,1-2H3,(H,17,18,19). The number of para-hydroxylation sites is 1. The third-order valence-electron chi connectivity index (χ3n) is 2.95. The Labute approximate surface area is 122 Å². The minimum atomic E-state index is -0.321. The number of hydrogen-bond acceptors (Lipinski definition) is 5. The molecule has 2 aromatic rings. The molecule has 110 valence electrons. The van der Waals surface area contributed by atoms with Gasteiger partial charge in [-0.25, -0.2) is 4.98 Å². The number of nitrogens with one attached hydrogen (secondary N) is 1. The second kappa shape index (κ2) is 6.71. The molecule has 0 bridgehead atoms. The number of aromatic nitrogens is 1. The summed E-state index contributed by atoms with van der Waals surface area (Å²) in [5.74, 6) is 1.01. The Morgan fingerprint density at radius 3 is 2.62 bits per heavy atom. The van der Waals surface area contributed by atoms with Gasteiger partial charge in [-0.05, 0) is 23.8 Å². The third kappa shape index (κ3) is 3.29. The molecule has 0 aliphatic heterocycles. The average molecular weight is 287 g/mol. The van der Waals surface area contributed by atoms with Gasteiger partial charge in [0.25, 0.3) is 5.91 Å². The van der Waals surface area contributed by atoms with Crippen molar-refractivity contribution in [2.45, 2.75) is 6.54 Å². The summed E-state index contributed by atoms with van der Waals surface area (Å²) in [7, 11) is 3.01. The zero-order chi connectivity index (χ0) is 15.2. The lowest BCUT2D eigenvalue weighted by molar-refractivity contribution is 0.102. The predicted molar refractivity (Wildman–Crippen MR) is 79.6 cm³/mol. The molecular weight excluding hydrogens is 270 g/mol. The summed E-state index contributed by atoms with van der Waals surface area (Å²) < 4.78 is 10.4. The predicted octanol–water partition coefficient (Wildman–Crippen LogP) is 1.81. The molecule has 3 N–H and O–H groups in total. The summed E-state index contributed by atoms with van der Waals surface area (Å²) in [6.45, 7) is 0.408. The number of ether oxygens (including phenoxy) is 2. The molecule has 21 heavy (non-hydrogen) atoms. The summed E-state index contributed by atoms with van der Waals surface area (Å²) in [4.78, 5) is 16.4. The summed E-state index contributed by atoms with van der Waals surface area (Å²) in [6, 6.07) is 8.62. The number of carbonyl (C=O) groups is 1. The van der Waals surface area contributed by atoms with Gasteiger partial charge in [0, 0.05) is 12.7 Å². The number of pyridine rings is 1. The Morgan fingerprint density at radius 1 is 1.24 bits per heavy atom. The Bertz CT molecular complexity index is 627. The molecule has 0 aliphatic carbocycles. The van der Waals surface area contributed by atoms with Crippen LogP contribution in [0, 0.1) is 0 Å². The molecule has 2 rings (SSSR count). The van der Waals surface area contributed by atoms with Crippen LogP contribution in [-0.4, -0.2) is 25.1 Å². The number of anilines is 1. The number of nitrogens with two attached hydrogens (primary N) is 1. The van der Waals surface area contributed by atoms with Crippen LogP contribution in [0.1, 0.15) is 15.9 Å². The van der Waals surface area contributed by atoms with E-state index < -0.39 is 0 Å². The minimum Gasteiger partial charge on any atom is -0.493 e. The van der Waals surface area contributed by atoms with E-state index in [2.05, 4.69) is 10.3 Å². The smallest absolute Gasteiger partial charge is 0.260 e. The van der Waals surface area contributed by atoms with Crippen molar-refractivity contribution in [1.82, 2.24) is 4.98 Å². The van der Waals surface area contributed by atoms with Crippen LogP contribution >= 0.6 is 0 Å². The van der Waals surface area contributed by atoms with Gasteiger partial charge in [-0.2, -0.15) is 0 Å². The Hall–Kier alpha value is -2.60. The Kier molecular flexibility index (Phi) is 4.73. The number of hydrogen-bond donors (Lipinski definition) is 2. The van der Waals surface area contributed by atoms with Gasteiger partial charge >= 0.3 is 0 Å². The number of nitrogens with zero attached hydrogens (tertiary/aromatic N) is 1. The van der Waals surface area contributed by atoms with Crippen molar-refractivity contribution in [1.29, 1.82) is 0 Å². The summed E-state index contributed by atoms with van der Waals surface area (Å²) >= 11 is 0. The van der Waals surface area contributed by atoms with Crippen molar-refractivity contribution in [3.8, 4) is 11.5 Å². The SMILES string of the molecule is COc1cccc(C(=O)Nc2ccc(CN)cn2)c1OC. The van der Waals surface area contributed by atoms with Gasteiger partial charge in [-0.1, -0.05) is 12.1 Å². The van der Waals surface area contributed by atoms with Gasteiger partial charge < -0.3 is 20.5 Å². The highest BCUT2D eigenvalue weighted by Gasteiger charge is 2.16. The summed E-state index contributed by atoms with van der Waals surface area (Å²) in [5, 5.41) is 2.71. The largest absolute Gasteiger partial charge is 0.493 e. The van der Waals surface area contributed by atoms with Crippen molar-refractivity contribution >= 4 is 11.7 Å². The average Bonchev–Trinajstić information content (AvgIpc) is 2.54. The molecule has 0 aliphatic rings. The first-order valence-corrected chi connectivity index (χ1v) is 6.37. The molecular formula is C15H17N3O3. The van der Waals surface area contributed by atoms with Crippen LogP contribution in [0.2, 0.25) is 0 Å². The lowest BCUT2D eigenvalue weighted by atomic mass is 10.1. The summed E-state index contributed by atoms with van der Waals surface area (Å²) in [6.07, 6.45) is 1.62. The van der Waals surface area contributed by atoms with Crippen LogP contribution in [0.25, 0.3) is 0 Å². The van der Waals surface area contributed by atoms with E-state index in [9.17, 15) is 4.79 Å². The quantitative estimate of drug-likeness (QED) is 0.875. The van der Waals surface area contributed by atoms with Gasteiger partial charge in [0.2, 0.25) is 0 Å². The van der Waals surface area contributed by atoms with E-state index in [0.717, 1.165) is 5.56 Å². The molecule has 0 saturated heterocycles. The van der Waals surface area contributed by atoms with E-state index in [1.807, 2.05) is 6.07 Å². The van der Waals surface area contributed by atoms with Gasteiger partial charge in [0.15, 0.2) is 11.5 Å². The molecule has 0 saturated carbocycles. The number of amides is 1. The van der Waals surface area contributed by atoms with Crippen molar-refractivity contribution in [2.75, 3.05) is 19.5 Å². The molecule has 1 heterocycles. The molecule has 0 fully saturated rings. The van der Waals surface area contributed by atoms with E-state index in [1.165, 1.54) is 14.2 Å². The lowest BCUT2D eigenvalue weighted by Crippen LogP contribution is -2.14. The van der Waals surface area contributed by atoms with Crippen LogP contribution in [0.5, 0.6) is 11.5 Å². The Balaban J connectivity index is 2.23. The number of carbonyl (C=O) groups excluding carboxylic acids is 1. The second-order valence-electron chi connectivity index (χ2n) is 4.25. The van der Waals surface area contributed by atoms with Crippen LogP contribution in [-0.2, 0) is 6.54 Å². The van der Waals surface area contributed by atoms with E-state index in [-0.39, 0.29) is 5.91 Å². The highest BCUT2D eigenvalue weighted by molar-refractivity contribution is 6.06. The molecule has 6 nitrogen and oxygen atoms in total. The van der Waals surface area contributed by atoms with Crippen molar-refractivity contribution < 1.29 is 14.3 Å². The topological polar surface area (TPSA) is 86.5 Å². The monoisotopic (exact) mass is 287 g/mol.